The van der Waals surface area contributed by atoms with Crippen LogP contribution in [0.1, 0.15) is 43.4 Å². The average Bonchev–Trinajstić information content (AvgIpc) is 2.50. The number of carbonyl (C=O) groups excluding carboxylic acids is 1. The number of phenols is 1. The quantitative estimate of drug-likeness (QED) is 0.639. The summed E-state index contributed by atoms with van der Waals surface area (Å²) in [6.45, 7) is 9.14. The monoisotopic (exact) mass is 392 g/mol. The number of ether oxygens (including phenoxy) is 1. The number of aryl methyl sites for hydroxylation is 1. The molecule has 0 aromatic heterocycles. The Bertz CT molecular complexity index is 904. The molecule has 0 aliphatic rings. The van der Waals surface area contributed by atoms with Crippen LogP contribution in [-0.4, -0.2) is 21.9 Å². The van der Waals surface area contributed by atoms with Gasteiger partial charge in [-0.1, -0.05) is 19.9 Å². The molecular weight excluding hydrogens is 367 g/mol. The number of hydrogen-bond donors (Lipinski definition) is 2. The normalized spacial score (nSPS) is 13.3. The maximum absolute atomic E-state index is 11.9. The summed E-state index contributed by atoms with van der Waals surface area (Å²) in [6, 6.07) is 7.92. The third-order valence-electron chi connectivity index (χ3n) is 4.05. The van der Waals surface area contributed by atoms with Crippen LogP contribution in [0, 0.1) is 13.8 Å². The maximum Gasteiger partial charge on any atom is 0.384 e. The van der Waals surface area contributed by atoms with Crippen LogP contribution in [0.4, 0.5) is 0 Å². The number of hydrogen-bond acceptors (Lipinski definition) is 5. The minimum absolute atomic E-state index is 0.0556. The maximum atomic E-state index is 11.9. The topological polar surface area (TPSA) is 93.1 Å². The van der Waals surface area contributed by atoms with Crippen molar-refractivity contribution in [1.82, 2.24) is 0 Å². The molecule has 0 bridgehead atoms. The Morgan fingerprint density at radius 3 is 2.41 bits per heavy atom. The van der Waals surface area contributed by atoms with E-state index in [0.29, 0.717) is 11.5 Å². The molecule has 0 fully saturated rings. The van der Waals surface area contributed by atoms with Crippen LogP contribution in [-0.2, 0) is 9.36 Å². The van der Waals surface area contributed by atoms with Gasteiger partial charge in [0.15, 0.2) is 11.5 Å². The third-order valence-corrected chi connectivity index (χ3v) is 5.39. The number of Topliss-reactive ketones (excluding diaryl/α,β-unsaturated/α-hetero) is 1. The molecule has 27 heavy (non-hydrogen) atoms. The number of phenolic OH excluding ortho intramolecular Hbond substituents is 1. The molecule has 1 atom stereocenters. The molecule has 6 nitrogen and oxygen atoms in total. The first-order valence-corrected chi connectivity index (χ1v) is 10.4. The second-order valence-corrected chi connectivity index (χ2v) is 8.67. The van der Waals surface area contributed by atoms with E-state index in [4.69, 9.17) is 9.26 Å². The van der Waals surface area contributed by atoms with Crippen molar-refractivity contribution in [1.29, 1.82) is 0 Å². The predicted molar refractivity (Wildman–Crippen MR) is 104 cm³/mol. The van der Waals surface area contributed by atoms with Gasteiger partial charge in [0.1, 0.15) is 23.4 Å². The second-order valence-electron chi connectivity index (χ2n) is 6.90. The minimum Gasteiger partial charge on any atom is -0.504 e. The van der Waals surface area contributed by atoms with E-state index in [1.54, 1.807) is 18.2 Å². The van der Waals surface area contributed by atoms with Crippen molar-refractivity contribution in [2.24, 2.45) is 0 Å². The van der Waals surface area contributed by atoms with Crippen LogP contribution < -0.4 is 9.26 Å². The summed E-state index contributed by atoms with van der Waals surface area (Å²) in [5.41, 5.74) is 2.83. The molecule has 0 aliphatic carbocycles. The zero-order valence-corrected chi connectivity index (χ0v) is 17.0. The van der Waals surface area contributed by atoms with Crippen LogP contribution in [0.3, 0.4) is 0 Å². The van der Waals surface area contributed by atoms with Gasteiger partial charge in [-0.2, -0.15) is 0 Å². The van der Waals surface area contributed by atoms with Gasteiger partial charge in [0.05, 0.1) is 0 Å². The third kappa shape index (κ3) is 5.34. The van der Waals surface area contributed by atoms with E-state index in [1.807, 2.05) is 13.8 Å². The van der Waals surface area contributed by atoms with Gasteiger partial charge in [-0.05, 0) is 61.6 Å². The van der Waals surface area contributed by atoms with Crippen molar-refractivity contribution in [3.8, 4) is 23.0 Å². The first kappa shape index (κ1) is 21.0. The van der Waals surface area contributed by atoms with Gasteiger partial charge in [0.2, 0.25) is 0 Å². The molecule has 0 saturated carbocycles. The smallest absolute Gasteiger partial charge is 0.384 e. The van der Waals surface area contributed by atoms with Crippen LogP contribution in [0.15, 0.2) is 30.3 Å². The highest BCUT2D eigenvalue weighted by molar-refractivity contribution is 7.54. The number of benzene rings is 2. The van der Waals surface area contributed by atoms with Crippen LogP contribution in [0.5, 0.6) is 23.0 Å². The summed E-state index contributed by atoms with van der Waals surface area (Å²) in [5.74, 6) is 0.617. The van der Waals surface area contributed by atoms with Gasteiger partial charge in [0, 0.05) is 6.07 Å². The Kier molecular flexibility index (Phi) is 6.34. The number of rotatable bonds is 7. The number of ketones is 1. The van der Waals surface area contributed by atoms with Gasteiger partial charge in [-0.15, -0.1) is 0 Å². The first-order valence-electron chi connectivity index (χ1n) is 8.62. The predicted octanol–water partition coefficient (Wildman–Crippen LogP) is 5.08. The van der Waals surface area contributed by atoms with E-state index in [-0.39, 0.29) is 17.4 Å². The molecule has 0 spiro atoms. The van der Waals surface area contributed by atoms with E-state index in [9.17, 15) is 19.4 Å². The highest BCUT2D eigenvalue weighted by Gasteiger charge is 2.23. The molecule has 0 amide bonds. The largest absolute Gasteiger partial charge is 0.504 e. The Hall–Kier alpha value is -2.30. The van der Waals surface area contributed by atoms with Gasteiger partial charge in [0.25, 0.3) is 0 Å². The zero-order valence-electron chi connectivity index (χ0n) is 16.1. The van der Waals surface area contributed by atoms with Crippen molar-refractivity contribution < 1.29 is 28.6 Å². The fraction of sp³-hybridized carbons (Fsp3) is 0.350. The van der Waals surface area contributed by atoms with Crippen molar-refractivity contribution in [2.75, 3.05) is 6.16 Å². The lowest BCUT2D eigenvalue weighted by molar-refractivity contribution is -0.114. The van der Waals surface area contributed by atoms with E-state index in [1.165, 1.54) is 19.1 Å². The Morgan fingerprint density at radius 2 is 1.81 bits per heavy atom. The van der Waals surface area contributed by atoms with E-state index >= 15 is 0 Å². The molecule has 0 heterocycles. The van der Waals surface area contributed by atoms with Crippen LogP contribution in [0.25, 0.3) is 0 Å². The molecule has 2 N–H and O–H groups in total. The molecule has 2 aromatic rings. The van der Waals surface area contributed by atoms with Crippen molar-refractivity contribution in [3.63, 3.8) is 0 Å². The van der Waals surface area contributed by atoms with Gasteiger partial charge in [-0.3, -0.25) is 4.79 Å². The second kappa shape index (κ2) is 8.15. The molecule has 0 radical (unpaired) electrons. The average molecular weight is 392 g/mol. The molecule has 7 heteroatoms. The highest BCUT2D eigenvalue weighted by Crippen LogP contribution is 2.44. The lowest BCUT2D eigenvalue weighted by Gasteiger charge is -2.18. The zero-order chi connectivity index (χ0) is 20.4. The summed E-state index contributed by atoms with van der Waals surface area (Å²) in [4.78, 5) is 20.8. The van der Waals surface area contributed by atoms with Crippen molar-refractivity contribution >= 4 is 13.4 Å². The van der Waals surface area contributed by atoms with Gasteiger partial charge < -0.3 is 19.3 Å². The summed E-state index contributed by atoms with van der Waals surface area (Å²) in [6.07, 6.45) is -0.562. The van der Waals surface area contributed by atoms with Crippen LogP contribution in [0.2, 0.25) is 0 Å². The van der Waals surface area contributed by atoms with Crippen molar-refractivity contribution in [2.45, 2.75) is 40.5 Å². The molecular formula is C20H25O6P. The first-order chi connectivity index (χ1) is 12.5. The number of aromatic hydroxyl groups is 1. The van der Waals surface area contributed by atoms with Crippen LogP contribution >= 0.6 is 7.60 Å². The molecule has 146 valence electrons. The highest BCUT2D eigenvalue weighted by atomic mass is 31.2. The van der Waals surface area contributed by atoms with Gasteiger partial charge in [-0.25, -0.2) is 4.57 Å². The molecule has 2 rings (SSSR count). The lowest BCUT2D eigenvalue weighted by Crippen LogP contribution is -2.04. The standard InChI is InChI=1S/C20H25O6P/c1-12(2)19-13(3)9-18(20(22)15(19)5)25-16-7-6-8-17(10-16)26-27(23,24)11-14(4)21/h6-10,12,22H,11H2,1-5H3,(H,23,24). The van der Waals surface area contributed by atoms with Gasteiger partial charge >= 0.3 is 7.60 Å². The van der Waals surface area contributed by atoms with E-state index in [2.05, 4.69) is 13.8 Å². The molecule has 2 aromatic carbocycles. The van der Waals surface area contributed by atoms with Crippen molar-refractivity contribution in [3.05, 3.63) is 47.0 Å². The Labute approximate surface area is 159 Å². The SMILES string of the molecule is CC(=O)CP(=O)(O)Oc1cccc(Oc2cc(C)c(C(C)C)c(C)c2O)c1. The summed E-state index contributed by atoms with van der Waals surface area (Å²) in [5, 5.41) is 10.5. The Morgan fingerprint density at radius 1 is 1.19 bits per heavy atom. The lowest BCUT2D eigenvalue weighted by atomic mass is 9.92. The summed E-state index contributed by atoms with van der Waals surface area (Å²) in [7, 11) is -4.07. The fourth-order valence-electron chi connectivity index (χ4n) is 3.12. The molecule has 0 saturated heterocycles. The minimum atomic E-state index is -4.07. The molecule has 1 unspecified atom stereocenters. The number of carbonyl (C=O) groups is 1. The summed E-state index contributed by atoms with van der Waals surface area (Å²) >= 11 is 0. The van der Waals surface area contributed by atoms with E-state index < -0.39 is 19.5 Å². The van der Waals surface area contributed by atoms with E-state index in [0.717, 1.165) is 16.7 Å². The fourth-order valence-corrected chi connectivity index (χ4v) is 4.19. The summed E-state index contributed by atoms with van der Waals surface area (Å²) < 4.78 is 22.8. The molecule has 0 aliphatic heterocycles. The Balaban J connectivity index is 2.29.